The highest BCUT2D eigenvalue weighted by Crippen LogP contribution is 2.53. The highest BCUT2D eigenvalue weighted by molar-refractivity contribution is 6.14. The lowest BCUT2D eigenvalue weighted by atomic mass is 9.81. The molecule has 2 nitrogen and oxygen atoms in total. The number of hydrogen-bond acceptors (Lipinski definition) is 2. The van der Waals surface area contributed by atoms with Crippen LogP contribution in [0.5, 0.6) is 0 Å². The van der Waals surface area contributed by atoms with Crippen molar-refractivity contribution in [2.45, 2.75) is 19.3 Å². The molecule has 0 saturated heterocycles. The van der Waals surface area contributed by atoms with Gasteiger partial charge in [0.25, 0.3) is 0 Å². The molecule has 0 fully saturated rings. The van der Waals surface area contributed by atoms with Gasteiger partial charge in [-0.2, -0.15) is 0 Å². The van der Waals surface area contributed by atoms with E-state index >= 15 is 0 Å². The fourth-order valence-corrected chi connectivity index (χ4v) is 9.01. The molecule has 0 radical (unpaired) electrons. The SMILES string of the molecule is CC1(C)c2cc3ccccc3cc2-c2c(-c3cc(-c4ccc5cc(-c6cccc7ccc8ccccc8c67)ccc5c4)nc(-c4ccccc4)n3)cccc21. The third-order valence-corrected chi connectivity index (χ3v) is 11.8. The van der Waals surface area contributed by atoms with Crippen LogP contribution in [0.1, 0.15) is 25.0 Å². The van der Waals surface area contributed by atoms with Gasteiger partial charge in [-0.25, -0.2) is 9.97 Å². The largest absolute Gasteiger partial charge is 0.228 e. The molecular weight excluding hydrogens is 665 g/mol. The Morgan fingerprint density at radius 2 is 0.964 bits per heavy atom. The highest BCUT2D eigenvalue weighted by atomic mass is 14.9. The van der Waals surface area contributed by atoms with Crippen LogP contribution in [0.4, 0.5) is 0 Å². The van der Waals surface area contributed by atoms with Crippen LogP contribution in [0.15, 0.2) is 182 Å². The Morgan fingerprint density at radius 1 is 0.364 bits per heavy atom. The van der Waals surface area contributed by atoms with E-state index in [1.807, 2.05) is 6.07 Å². The molecule has 258 valence electrons. The monoisotopic (exact) mass is 700 g/mol. The predicted octanol–water partition coefficient (Wildman–Crippen LogP) is 14.1. The van der Waals surface area contributed by atoms with Gasteiger partial charge in [0.15, 0.2) is 5.82 Å². The van der Waals surface area contributed by atoms with Gasteiger partial charge in [-0.15, -0.1) is 0 Å². The summed E-state index contributed by atoms with van der Waals surface area (Å²) < 4.78 is 0. The van der Waals surface area contributed by atoms with E-state index in [1.54, 1.807) is 0 Å². The molecule has 0 unspecified atom stereocenters. The molecule has 1 aliphatic rings. The van der Waals surface area contributed by atoms with Crippen LogP contribution in [0.3, 0.4) is 0 Å². The van der Waals surface area contributed by atoms with Gasteiger partial charge in [0.2, 0.25) is 0 Å². The van der Waals surface area contributed by atoms with Gasteiger partial charge < -0.3 is 0 Å². The van der Waals surface area contributed by atoms with E-state index in [4.69, 9.17) is 9.97 Å². The first kappa shape index (κ1) is 31.6. The van der Waals surface area contributed by atoms with Crippen molar-refractivity contribution in [3.63, 3.8) is 0 Å². The normalized spacial score (nSPS) is 13.1. The molecule has 2 heteroatoms. The number of aromatic nitrogens is 2. The van der Waals surface area contributed by atoms with Gasteiger partial charge in [-0.05, 0) is 107 Å². The molecule has 55 heavy (non-hydrogen) atoms. The topological polar surface area (TPSA) is 25.8 Å². The minimum atomic E-state index is -0.140. The van der Waals surface area contributed by atoms with Crippen molar-refractivity contribution in [3.8, 4) is 56.2 Å². The minimum absolute atomic E-state index is 0.140. The highest BCUT2D eigenvalue weighted by Gasteiger charge is 2.37. The summed E-state index contributed by atoms with van der Waals surface area (Å²) in [4.78, 5) is 10.5. The third kappa shape index (κ3) is 5.02. The molecule has 0 N–H and O–H groups in total. The number of nitrogens with zero attached hydrogens (tertiary/aromatic N) is 2. The second-order valence-electron chi connectivity index (χ2n) is 15.4. The molecule has 0 saturated carbocycles. The predicted molar refractivity (Wildman–Crippen MR) is 231 cm³/mol. The Hall–Kier alpha value is -6.90. The fourth-order valence-electron chi connectivity index (χ4n) is 9.01. The van der Waals surface area contributed by atoms with Gasteiger partial charge >= 0.3 is 0 Å². The first-order chi connectivity index (χ1) is 27.0. The van der Waals surface area contributed by atoms with Crippen LogP contribution in [0, 0.1) is 0 Å². The Labute approximate surface area is 320 Å². The van der Waals surface area contributed by atoms with Gasteiger partial charge in [0.05, 0.1) is 11.4 Å². The van der Waals surface area contributed by atoms with Gasteiger partial charge in [-0.3, -0.25) is 0 Å². The summed E-state index contributed by atoms with van der Waals surface area (Å²) >= 11 is 0. The molecular formula is C53H36N2. The molecule has 0 bridgehead atoms. The first-order valence-electron chi connectivity index (χ1n) is 19.1. The Bertz CT molecular complexity index is 3170. The van der Waals surface area contributed by atoms with Crippen molar-refractivity contribution in [2.75, 3.05) is 0 Å². The van der Waals surface area contributed by atoms with Crippen molar-refractivity contribution in [3.05, 3.63) is 193 Å². The molecule has 1 heterocycles. The Morgan fingerprint density at radius 3 is 1.80 bits per heavy atom. The molecule has 1 aliphatic carbocycles. The Balaban J connectivity index is 1.07. The van der Waals surface area contributed by atoms with E-state index in [0.717, 1.165) is 33.9 Å². The summed E-state index contributed by atoms with van der Waals surface area (Å²) in [6, 6.07) is 66.0. The molecule has 0 atom stereocenters. The van der Waals surface area contributed by atoms with Crippen molar-refractivity contribution in [1.82, 2.24) is 9.97 Å². The minimum Gasteiger partial charge on any atom is -0.228 e. The zero-order chi connectivity index (χ0) is 36.7. The van der Waals surface area contributed by atoms with Gasteiger partial charge in [0.1, 0.15) is 0 Å². The molecule has 0 amide bonds. The summed E-state index contributed by atoms with van der Waals surface area (Å²) in [6.45, 7) is 4.69. The Kier molecular flexibility index (Phi) is 6.93. The summed E-state index contributed by atoms with van der Waals surface area (Å²) in [6.07, 6.45) is 0. The van der Waals surface area contributed by atoms with Crippen molar-refractivity contribution >= 4 is 43.1 Å². The number of rotatable bonds is 4. The summed E-state index contributed by atoms with van der Waals surface area (Å²) in [5.41, 5.74) is 12.6. The zero-order valence-corrected chi connectivity index (χ0v) is 30.7. The lowest BCUT2D eigenvalue weighted by molar-refractivity contribution is 0.661. The number of fused-ring (bicyclic) bond motifs is 8. The van der Waals surface area contributed by atoms with E-state index < -0.39 is 0 Å². The summed E-state index contributed by atoms with van der Waals surface area (Å²) in [5.74, 6) is 0.723. The molecule has 0 spiro atoms. The van der Waals surface area contributed by atoms with Crippen LogP contribution in [0.2, 0.25) is 0 Å². The maximum Gasteiger partial charge on any atom is 0.160 e. The summed E-state index contributed by atoms with van der Waals surface area (Å²) in [7, 11) is 0. The molecule has 9 aromatic carbocycles. The van der Waals surface area contributed by atoms with Gasteiger partial charge in [0, 0.05) is 22.1 Å². The van der Waals surface area contributed by atoms with Crippen LogP contribution < -0.4 is 0 Å². The second kappa shape index (κ2) is 12.1. The molecule has 11 rings (SSSR count). The van der Waals surface area contributed by atoms with E-state index in [9.17, 15) is 0 Å². The average molecular weight is 701 g/mol. The lowest BCUT2D eigenvalue weighted by Crippen LogP contribution is -2.14. The quantitative estimate of drug-likeness (QED) is 0.171. The van der Waals surface area contributed by atoms with Crippen molar-refractivity contribution in [2.24, 2.45) is 0 Å². The molecule has 1 aromatic heterocycles. The zero-order valence-electron chi connectivity index (χ0n) is 30.7. The summed E-state index contributed by atoms with van der Waals surface area (Å²) in [5, 5.41) is 9.99. The van der Waals surface area contributed by atoms with Gasteiger partial charge in [-0.1, -0.05) is 166 Å². The third-order valence-electron chi connectivity index (χ3n) is 11.8. The lowest BCUT2D eigenvalue weighted by Gasteiger charge is -2.22. The van der Waals surface area contributed by atoms with Crippen LogP contribution >= 0.6 is 0 Å². The molecule has 10 aromatic rings. The van der Waals surface area contributed by atoms with E-state index in [-0.39, 0.29) is 5.41 Å². The van der Waals surface area contributed by atoms with E-state index in [1.165, 1.54) is 76.5 Å². The smallest absolute Gasteiger partial charge is 0.160 e. The van der Waals surface area contributed by atoms with Crippen molar-refractivity contribution < 1.29 is 0 Å². The van der Waals surface area contributed by atoms with Crippen LogP contribution in [-0.4, -0.2) is 9.97 Å². The van der Waals surface area contributed by atoms with E-state index in [2.05, 4.69) is 190 Å². The maximum atomic E-state index is 5.30. The number of hydrogen-bond donors (Lipinski definition) is 0. The van der Waals surface area contributed by atoms with Crippen molar-refractivity contribution in [1.29, 1.82) is 0 Å². The molecule has 0 aliphatic heterocycles. The standard InChI is InChI=1S/C53H36N2/c1-53(2)46-21-11-20-44(51(46)45-30-36-15-6-7-16-37(36)31-47(45)53)49-32-48(54-52(55-49)35-13-4-3-5-14-35)41-27-25-38-28-40(26-24-39(38)29-41)43-19-10-17-34-23-22-33-12-8-9-18-42(33)50(34)43/h3-32H,1-2H3. The van der Waals surface area contributed by atoms with Crippen LogP contribution in [-0.2, 0) is 5.41 Å². The first-order valence-corrected chi connectivity index (χ1v) is 19.1. The average Bonchev–Trinajstić information content (AvgIpc) is 3.47. The van der Waals surface area contributed by atoms with E-state index in [0.29, 0.717) is 0 Å². The van der Waals surface area contributed by atoms with Crippen LogP contribution in [0.25, 0.3) is 99.2 Å². The second-order valence-corrected chi connectivity index (χ2v) is 15.4. The fraction of sp³-hybridized carbons (Fsp3) is 0.0566. The maximum absolute atomic E-state index is 5.30. The number of benzene rings is 9.